The molecular weight excluding hydrogens is 632 g/mol. The third kappa shape index (κ3) is 11.9. The minimum absolute atomic E-state index is 0.00231. The quantitative estimate of drug-likeness (QED) is 0.102. The zero-order valence-corrected chi connectivity index (χ0v) is 30.4. The van der Waals surface area contributed by atoms with Crippen molar-refractivity contribution in [3.8, 4) is 0 Å². The number of hydrogen-bond donors (Lipinski definition) is 4. The summed E-state index contributed by atoms with van der Waals surface area (Å²) in [5, 5.41) is 42.2. The lowest BCUT2D eigenvalue weighted by Crippen LogP contribution is -2.61. The van der Waals surface area contributed by atoms with E-state index in [0.717, 1.165) is 24.8 Å². The Labute approximate surface area is 292 Å². The summed E-state index contributed by atoms with van der Waals surface area (Å²) in [5.74, 6) is -1.32. The molecule has 2 saturated heterocycles. The molecule has 0 aromatic carbocycles. The highest BCUT2D eigenvalue weighted by Crippen LogP contribution is 2.33. The Morgan fingerprint density at radius 3 is 2.43 bits per heavy atom. The number of ether oxygens (including phenoxy) is 5. The van der Waals surface area contributed by atoms with Crippen LogP contribution in [-0.2, 0) is 33.3 Å². The smallest absolute Gasteiger partial charge is 0.331 e. The Morgan fingerprint density at radius 2 is 1.78 bits per heavy atom. The molecule has 15 atom stereocenters. The maximum atomic E-state index is 13.7. The third-order valence-corrected chi connectivity index (χ3v) is 9.75. The predicted molar refractivity (Wildman–Crippen MR) is 184 cm³/mol. The summed E-state index contributed by atoms with van der Waals surface area (Å²) in [6.07, 6.45) is 6.77. The molecule has 4 N–H and O–H groups in total. The van der Waals surface area contributed by atoms with Crippen molar-refractivity contribution in [2.45, 2.75) is 149 Å². The maximum Gasteiger partial charge on any atom is 0.331 e. The van der Waals surface area contributed by atoms with E-state index in [9.17, 15) is 30.0 Å². The molecule has 278 valence electrons. The summed E-state index contributed by atoms with van der Waals surface area (Å²) in [6, 6.07) is 0. The molecule has 0 bridgehead atoms. The van der Waals surface area contributed by atoms with Gasteiger partial charge in [-0.05, 0) is 50.5 Å². The van der Waals surface area contributed by atoms with Gasteiger partial charge in [-0.1, -0.05) is 83.9 Å². The van der Waals surface area contributed by atoms with Gasteiger partial charge < -0.3 is 44.1 Å². The van der Waals surface area contributed by atoms with Gasteiger partial charge >= 0.3 is 5.97 Å². The van der Waals surface area contributed by atoms with Crippen molar-refractivity contribution < 1.29 is 53.7 Å². The first-order valence-corrected chi connectivity index (χ1v) is 17.9. The number of carbonyl (C=O) groups excluding carboxylic acids is 2. The maximum absolute atomic E-state index is 13.7. The molecule has 49 heavy (non-hydrogen) atoms. The van der Waals surface area contributed by atoms with Crippen LogP contribution >= 0.6 is 0 Å². The van der Waals surface area contributed by atoms with Crippen molar-refractivity contribution in [2.24, 2.45) is 29.6 Å². The van der Waals surface area contributed by atoms with Gasteiger partial charge in [0.15, 0.2) is 18.9 Å². The van der Waals surface area contributed by atoms with E-state index in [1.54, 1.807) is 13.8 Å². The van der Waals surface area contributed by atoms with Crippen molar-refractivity contribution in [2.75, 3.05) is 0 Å². The monoisotopic (exact) mass is 692 g/mol. The topological polar surface area (TPSA) is 161 Å². The van der Waals surface area contributed by atoms with E-state index in [2.05, 4.69) is 26.0 Å². The number of ketones is 1. The van der Waals surface area contributed by atoms with Gasteiger partial charge in [-0.2, -0.15) is 0 Å². The predicted octanol–water partition coefficient (Wildman–Crippen LogP) is 4.52. The van der Waals surface area contributed by atoms with Gasteiger partial charge in [0, 0.05) is 30.8 Å². The average Bonchev–Trinajstić information content (AvgIpc) is 3.05. The first-order chi connectivity index (χ1) is 23.1. The van der Waals surface area contributed by atoms with Crippen molar-refractivity contribution in [3.05, 3.63) is 48.1 Å². The molecule has 0 spiro atoms. The van der Waals surface area contributed by atoms with E-state index in [4.69, 9.17) is 23.7 Å². The highest BCUT2D eigenvalue weighted by Gasteiger charge is 2.48. The fourth-order valence-electron chi connectivity index (χ4n) is 6.73. The molecule has 0 radical (unpaired) electrons. The molecule has 0 saturated carbocycles. The van der Waals surface area contributed by atoms with Crippen molar-refractivity contribution in [1.29, 1.82) is 0 Å². The summed E-state index contributed by atoms with van der Waals surface area (Å²) in [4.78, 5) is 25.2. The van der Waals surface area contributed by atoms with Crippen LogP contribution in [0, 0.1) is 29.6 Å². The molecule has 11 nitrogen and oxygen atoms in total. The second-order valence-electron chi connectivity index (χ2n) is 14.3. The molecule has 11 heteroatoms. The van der Waals surface area contributed by atoms with E-state index in [1.165, 1.54) is 6.08 Å². The zero-order valence-electron chi connectivity index (χ0n) is 30.4. The molecule has 2 fully saturated rings. The van der Waals surface area contributed by atoms with Crippen molar-refractivity contribution in [1.82, 2.24) is 0 Å². The Bertz CT molecular complexity index is 1170. The van der Waals surface area contributed by atoms with Crippen LogP contribution in [0.25, 0.3) is 0 Å². The minimum atomic E-state index is -1.46. The molecule has 0 aromatic rings. The first-order valence-electron chi connectivity index (χ1n) is 17.9. The standard InChI is InChI=1S/C38H60O11/c1-9-12-23(4)35(49-38-34(43)33(42)36(27(8)45-38)47-30-20-25(6)32(41)37(44)48-30)26(7)31(40)24(5)19-22(3)14-10-13-21(2)17-18-28-15-11-16-29(39)46-28/h10-11,14,16-19,21,23-28,30,32-38,41-44H,9,12-13,15,20H2,1-8H3. The van der Waals surface area contributed by atoms with E-state index < -0.39 is 67.3 Å². The molecule has 0 amide bonds. The molecule has 3 aliphatic heterocycles. The SMILES string of the molecule is CCCC(C)C(OC1OC(C)C(OC2CC(C)C(O)C(O)O2)C(O)C1O)C(C)C(=O)C(C)C=C(C)C=CCC(C)C=CC1CC=CC(=O)O1. The van der Waals surface area contributed by atoms with Crippen LogP contribution in [0.5, 0.6) is 0 Å². The lowest BCUT2D eigenvalue weighted by atomic mass is 9.83. The fraction of sp³-hybridized carbons (Fsp3) is 0.737. The number of allylic oxidation sites excluding steroid dienone is 5. The van der Waals surface area contributed by atoms with Crippen LogP contribution in [0.4, 0.5) is 0 Å². The van der Waals surface area contributed by atoms with Crippen LogP contribution in [0.3, 0.4) is 0 Å². The van der Waals surface area contributed by atoms with E-state index in [1.807, 2.05) is 52.0 Å². The summed E-state index contributed by atoms with van der Waals surface area (Å²) >= 11 is 0. The van der Waals surface area contributed by atoms with Crippen LogP contribution < -0.4 is 0 Å². The molecule has 3 aliphatic rings. The summed E-state index contributed by atoms with van der Waals surface area (Å²) < 4.78 is 29.0. The molecule has 3 heterocycles. The second-order valence-corrected chi connectivity index (χ2v) is 14.3. The number of esters is 1. The number of cyclic esters (lactones) is 1. The third-order valence-electron chi connectivity index (χ3n) is 9.75. The van der Waals surface area contributed by atoms with Gasteiger partial charge in [0.2, 0.25) is 0 Å². The Hall–Kier alpha value is -2.22. The van der Waals surface area contributed by atoms with Gasteiger partial charge in [-0.15, -0.1) is 0 Å². The van der Waals surface area contributed by atoms with Gasteiger partial charge in [0.25, 0.3) is 0 Å². The lowest BCUT2D eigenvalue weighted by Gasteiger charge is -2.45. The van der Waals surface area contributed by atoms with Crippen LogP contribution in [0.2, 0.25) is 0 Å². The number of aliphatic hydroxyl groups is 4. The van der Waals surface area contributed by atoms with Gasteiger partial charge in [-0.25, -0.2) is 4.79 Å². The summed E-state index contributed by atoms with van der Waals surface area (Å²) in [6.45, 7) is 15.3. The average molecular weight is 693 g/mol. The molecule has 0 aliphatic carbocycles. The molecule has 3 rings (SSSR count). The second kappa shape index (κ2) is 19.4. The van der Waals surface area contributed by atoms with E-state index in [-0.39, 0.29) is 42.0 Å². The highest BCUT2D eigenvalue weighted by molar-refractivity contribution is 5.85. The lowest BCUT2D eigenvalue weighted by molar-refractivity contribution is -0.356. The van der Waals surface area contributed by atoms with Gasteiger partial charge in [0.1, 0.15) is 36.3 Å². The Morgan fingerprint density at radius 1 is 1.06 bits per heavy atom. The normalized spacial score (nSPS) is 36.0. The Balaban J connectivity index is 1.60. The van der Waals surface area contributed by atoms with Crippen molar-refractivity contribution in [3.63, 3.8) is 0 Å². The molecule has 0 aromatic heterocycles. The van der Waals surface area contributed by atoms with Gasteiger partial charge in [-0.3, -0.25) is 4.79 Å². The van der Waals surface area contributed by atoms with Crippen LogP contribution in [-0.4, -0.2) is 93.8 Å². The summed E-state index contributed by atoms with van der Waals surface area (Å²) in [5.41, 5.74) is 0.960. The number of carbonyl (C=O) groups is 2. The minimum Gasteiger partial charge on any atom is -0.455 e. The number of rotatable bonds is 16. The Kier molecular flexibility index (Phi) is 16.3. The first kappa shape index (κ1) is 41.2. The fourth-order valence-corrected chi connectivity index (χ4v) is 6.73. The van der Waals surface area contributed by atoms with Crippen LogP contribution in [0.15, 0.2) is 48.1 Å². The number of Topliss-reactive ketones (excluding diaryl/α,β-unsaturated/α-hetero) is 1. The number of aliphatic hydroxyl groups excluding tert-OH is 4. The largest absolute Gasteiger partial charge is 0.455 e. The van der Waals surface area contributed by atoms with E-state index in [0.29, 0.717) is 6.42 Å². The zero-order chi connectivity index (χ0) is 36.4. The van der Waals surface area contributed by atoms with Crippen LogP contribution in [0.1, 0.15) is 87.5 Å². The van der Waals surface area contributed by atoms with Gasteiger partial charge in [0.05, 0.1) is 12.2 Å². The highest BCUT2D eigenvalue weighted by atomic mass is 16.8. The molecular formula is C38H60O11. The number of hydrogen-bond acceptors (Lipinski definition) is 11. The molecule has 15 unspecified atom stereocenters. The summed E-state index contributed by atoms with van der Waals surface area (Å²) in [7, 11) is 0. The van der Waals surface area contributed by atoms with E-state index >= 15 is 0 Å². The van der Waals surface area contributed by atoms with Crippen molar-refractivity contribution >= 4 is 11.8 Å².